The molecule has 0 spiro atoms. The van der Waals surface area contributed by atoms with Crippen LogP contribution in [0, 0.1) is 0 Å². The third-order valence-corrected chi connectivity index (χ3v) is 20.5. The zero-order valence-corrected chi connectivity index (χ0v) is 63.5. The summed E-state index contributed by atoms with van der Waals surface area (Å²) >= 11 is 0. The van der Waals surface area contributed by atoms with E-state index in [1.807, 2.05) is 0 Å². The summed E-state index contributed by atoms with van der Waals surface area (Å²) in [5.41, 5.74) is 0. The molecule has 0 heterocycles. The van der Waals surface area contributed by atoms with Gasteiger partial charge in [0.1, 0.15) is 0 Å². The summed E-state index contributed by atoms with van der Waals surface area (Å²) in [5, 5.41) is 23.5. The Kier molecular flexibility index (Phi) is 81.3. The number of esters is 1. The molecule has 0 aliphatic heterocycles. The molecule has 0 aliphatic rings. The van der Waals surface area contributed by atoms with Gasteiger partial charge in [0.2, 0.25) is 5.91 Å². The molecule has 0 saturated carbocycles. The Bertz CT molecular complexity index is 1460. The van der Waals surface area contributed by atoms with Crippen LogP contribution in [0.5, 0.6) is 0 Å². The molecule has 0 aromatic carbocycles. The van der Waals surface area contributed by atoms with Crippen LogP contribution in [0.3, 0.4) is 0 Å². The van der Waals surface area contributed by atoms with E-state index >= 15 is 0 Å². The summed E-state index contributed by atoms with van der Waals surface area (Å²) in [6.07, 6.45) is 107. The van der Waals surface area contributed by atoms with Crippen molar-refractivity contribution in [3.8, 4) is 0 Å². The maximum atomic E-state index is 12.6. The normalized spacial score (nSPS) is 12.5. The lowest BCUT2D eigenvalue weighted by Crippen LogP contribution is -2.45. The van der Waals surface area contributed by atoms with Crippen molar-refractivity contribution in [2.24, 2.45) is 0 Å². The molecular weight excluding hydrogens is 1140 g/mol. The Morgan fingerprint density at radius 2 is 0.538 bits per heavy atom. The van der Waals surface area contributed by atoms with Crippen LogP contribution in [0.15, 0.2) is 24.3 Å². The molecule has 1 amide bonds. The van der Waals surface area contributed by atoms with Gasteiger partial charge >= 0.3 is 5.97 Å². The van der Waals surface area contributed by atoms with Crippen LogP contribution in [0.1, 0.15) is 495 Å². The van der Waals surface area contributed by atoms with E-state index in [0.717, 1.165) is 51.4 Å². The van der Waals surface area contributed by atoms with Gasteiger partial charge in [0.05, 0.1) is 25.4 Å². The highest BCUT2D eigenvalue weighted by atomic mass is 16.5. The molecule has 0 aromatic rings. The van der Waals surface area contributed by atoms with Crippen LogP contribution < -0.4 is 5.32 Å². The second-order valence-corrected chi connectivity index (χ2v) is 29.9. The van der Waals surface area contributed by atoms with Gasteiger partial charge in [-0.15, -0.1) is 0 Å². The molecule has 0 aliphatic carbocycles. The molecule has 0 aromatic heterocycles. The number of allylic oxidation sites excluding steroid dienone is 4. The van der Waals surface area contributed by atoms with Gasteiger partial charge in [-0.2, -0.15) is 0 Å². The van der Waals surface area contributed by atoms with Crippen molar-refractivity contribution in [1.29, 1.82) is 0 Å². The van der Waals surface area contributed by atoms with Gasteiger partial charge in [0.15, 0.2) is 0 Å². The molecule has 0 saturated heterocycles. The number of hydrogen-bond acceptors (Lipinski definition) is 5. The fourth-order valence-electron chi connectivity index (χ4n) is 14.0. The third-order valence-electron chi connectivity index (χ3n) is 20.5. The van der Waals surface area contributed by atoms with Gasteiger partial charge in [-0.3, -0.25) is 9.59 Å². The Labute approximate surface area is 583 Å². The van der Waals surface area contributed by atoms with E-state index in [0.29, 0.717) is 25.9 Å². The summed E-state index contributed by atoms with van der Waals surface area (Å²) < 4.78 is 5.51. The first kappa shape index (κ1) is 91.3. The average Bonchev–Trinajstić information content (AvgIpc) is 3.78. The molecule has 6 heteroatoms. The molecule has 3 N–H and O–H groups in total. The van der Waals surface area contributed by atoms with Crippen LogP contribution in [0.4, 0.5) is 0 Å². The molecule has 0 rings (SSSR count). The van der Waals surface area contributed by atoms with Crippen molar-refractivity contribution in [2.45, 2.75) is 508 Å². The number of amides is 1. The zero-order valence-electron chi connectivity index (χ0n) is 63.5. The molecule has 2 unspecified atom stereocenters. The molecule has 2 atom stereocenters. The first-order valence-corrected chi connectivity index (χ1v) is 43.1. The van der Waals surface area contributed by atoms with Gasteiger partial charge in [-0.25, -0.2) is 0 Å². The quantitative estimate of drug-likeness (QED) is 0.0320. The lowest BCUT2D eigenvalue weighted by Gasteiger charge is -2.22. The maximum absolute atomic E-state index is 12.6. The van der Waals surface area contributed by atoms with Crippen molar-refractivity contribution < 1.29 is 24.5 Å². The Hall–Kier alpha value is -1.66. The number of rotatable bonds is 82. The SMILES string of the molecule is CCCCC/C=C\C/C=C\CCCCCCCCCC(=O)OCCCCCCCCCCCCCCCCCCCCCCCCCCCCCCCCCCCCCC(=O)NC(CO)C(O)CCCCCCCCCCCCCCCCCCCCCCCCCC. The Morgan fingerprint density at radius 1 is 0.301 bits per heavy atom. The van der Waals surface area contributed by atoms with Crippen molar-refractivity contribution in [1.82, 2.24) is 5.32 Å². The monoisotopic (exact) mass is 1310 g/mol. The standard InChI is InChI=1S/C87H169NO5/c1-3-5-7-9-11-13-15-17-19-21-22-23-24-38-41-44-48-51-55-59-63-67-71-75-79-85(90)84(83-89)88-86(91)80-76-72-68-64-60-56-52-49-45-42-39-36-34-32-30-28-26-25-27-29-31-33-35-37-40-43-46-50-54-58-62-66-70-74-78-82-93-87(92)81-77-73-69-65-61-57-53-47-20-18-16-14-12-10-8-6-4-2/h12,14,18,20,84-85,89-90H,3-11,13,15-17,19,21-83H2,1-2H3,(H,88,91)/b14-12-,20-18-. The summed E-state index contributed by atoms with van der Waals surface area (Å²) in [7, 11) is 0. The maximum Gasteiger partial charge on any atom is 0.305 e. The van der Waals surface area contributed by atoms with E-state index in [1.54, 1.807) is 0 Å². The molecule has 0 fully saturated rings. The van der Waals surface area contributed by atoms with E-state index in [-0.39, 0.29) is 18.5 Å². The topological polar surface area (TPSA) is 95.9 Å². The van der Waals surface area contributed by atoms with Crippen LogP contribution in [0.25, 0.3) is 0 Å². The van der Waals surface area contributed by atoms with Gasteiger partial charge in [0.25, 0.3) is 0 Å². The number of unbranched alkanes of at least 4 members (excludes halogenated alkanes) is 67. The number of nitrogens with one attached hydrogen (secondary N) is 1. The number of aliphatic hydroxyl groups is 2. The van der Waals surface area contributed by atoms with Gasteiger partial charge in [0, 0.05) is 12.8 Å². The number of hydrogen-bond donors (Lipinski definition) is 3. The van der Waals surface area contributed by atoms with Crippen molar-refractivity contribution in [3.05, 3.63) is 24.3 Å². The summed E-state index contributed by atoms with van der Waals surface area (Å²) in [4.78, 5) is 24.7. The van der Waals surface area contributed by atoms with E-state index in [4.69, 9.17) is 4.74 Å². The number of aliphatic hydroxyl groups excluding tert-OH is 2. The minimum atomic E-state index is -0.662. The van der Waals surface area contributed by atoms with Crippen LogP contribution >= 0.6 is 0 Å². The fourth-order valence-corrected chi connectivity index (χ4v) is 14.0. The van der Waals surface area contributed by atoms with Gasteiger partial charge in [-0.05, 0) is 57.8 Å². The van der Waals surface area contributed by atoms with Crippen LogP contribution in [0.2, 0.25) is 0 Å². The van der Waals surface area contributed by atoms with E-state index in [2.05, 4.69) is 43.5 Å². The zero-order chi connectivity index (χ0) is 67.0. The molecule has 0 bridgehead atoms. The lowest BCUT2D eigenvalue weighted by atomic mass is 10.0. The number of ether oxygens (including phenoxy) is 1. The van der Waals surface area contributed by atoms with Crippen LogP contribution in [-0.4, -0.2) is 47.4 Å². The minimum Gasteiger partial charge on any atom is -0.466 e. The first-order valence-electron chi connectivity index (χ1n) is 43.1. The molecule has 0 radical (unpaired) electrons. The minimum absolute atomic E-state index is 0.0160. The van der Waals surface area contributed by atoms with Crippen molar-refractivity contribution >= 4 is 11.9 Å². The predicted octanol–water partition coefficient (Wildman–Crippen LogP) is 28.8. The van der Waals surface area contributed by atoms with Crippen molar-refractivity contribution in [3.63, 3.8) is 0 Å². The molecular formula is C87H169NO5. The van der Waals surface area contributed by atoms with Crippen LogP contribution in [-0.2, 0) is 14.3 Å². The highest BCUT2D eigenvalue weighted by Crippen LogP contribution is 2.21. The van der Waals surface area contributed by atoms with Gasteiger partial charge < -0.3 is 20.3 Å². The fraction of sp³-hybridized carbons (Fsp3) is 0.931. The Balaban J connectivity index is 3.31. The highest BCUT2D eigenvalue weighted by Gasteiger charge is 2.20. The second kappa shape index (κ2) is 82.8. The third kappa shape index (κ3) is 79.2. The molecule has 6 nitrogen and oxygen atoms in total. The largest absolute Gasteiger partial charge is 0.466 e. The van der Waals surface area contributed by atoms with E-state index < -0.39 is 12.1 Å². The number of carbonyl (C=O) groups excluding carboxylic acids is 2. The predicted molar refractivity (Wildman–Crippen MR) is 412 cm³/mol. The highest BCUT2D eigenvalue weighted by molar-refractivity contribution is 5.76. The summed E-state index contributed by atoms with van der Waals surface area (Å²) in [6.45, 7) is 4.99. The lowest BCUT2D eigenvalue weighted by molar-refractivity contribution is -0.143. The van der Waals surface area contributed by atoms with E-state index in [9.17, 15) is 19.8 Å². The summed E-state index contributed by atoms with van der Waals surface area (Å²) in [5.74, 6) is -0.00732. The van der Waals surface area contributed by atoms with Gasteiger partial charge in [-0.1, -0.05) is 449 Å². The first-order chi connectivity index (χ1) is 46.0. The smallest absolute Gasteiger partial charge is 0.305 e. The number of carbonyl (C=O) groups is 2. The molecule has 93 heavy (non-hydrogen) atoms. The second-order valence-electron chi connectivity index (χ2n) is 29.9. The molecule has 552 valence electrons. The summed E-state index contributed by atoms with van der Waals surface area (Å²) in [6, 6.07) is -0.539. The average molecular weight is 1310 g/mol. The van der Waals surface area contributed by atoms with Crippen molar-refractivity contribution in [2.75, 3.05) is 13.2 Å². The van der Waals surface area contributed by atoms with E-state index in [1.165, 1.54) is 411 Å². The Morgan fingerprint density at radius 3 is 0.839 bits per heavy atom.